The van der Waals surface area contributed by atoms with Crippen LogP contribution in [0.5, 0.6) is 0 Å². The lowest BCUT2D eigenvalue weighted by Gasteiger charge is -2.35. The van der Waals surface area contributed by atoms with Gasteiger partial charge in [-0.15, -0.1) is 0 Å². The average molecular weight is 372 g/mol. The van der Waals surface area contributed by atoms with Crippen LogP contribution in [0.25, 0.3) is 0 Å². The zero-order valence-electron chi connectivity index (χ0n) is 15.9. The quantitative estimate of drug-likeness (QED) is 0.762. The fourth-order valence-corrected chi connectivity index (χ4v) is 4.89. The van der Waals surface area contributed by atoms with E-state index in [1.165, 1.54) is 37.1 Å². The average Bonchev–Trinajstić information content (AvgIpc) is 3.27. The number of hydrogen-bond donors (Lipinski definition) is 0. The molecular weight excluding hydrogens is 342 g/mol. The Morgan fingerprint density at radius 3 is 2.42 bits per heavy atom. The summed E-state index contributed by atoms with van der Waals surface area (Å²) in [7, 11) is 0. The number of piperazine rings is 1. The summed E-state index contributed by atoms with van der Waals surface area (Å²) in [5.41, 5.74) is 2.68. The van der Waals surface area contributed by atoms with Gasteiger partial charge in [-0.3, -0.25) is 4.90 Å². The summed E-state index contributed by atoms with van der Waals surface area (Å²) in [6.07, 6.45) is 7.11. The fraction of sp³-hybridized carbons (Fsp3) is 0.600. The molecule has 2 aliphatic rings. The number of imidazole rings is 1. The lowest BCUT2D eigenvalue weighted by molar-refractivity contribution is 0.202. The maximum absolute atomic E-state index is 5.88. The molecule has 1 saturated heterocycles. The smallest absolute Gasteiger partial charge is 0.181 e. The molecule has 0 amide bonds. The van der Waals surface area contributed by atoms with Crippen LogP contribution in [-0.4, -0.2) is 45.2 Å². The van der Waals surface area contributed by atoms with E-state index in [1.807, 2.05) is 12.3 Å². The highest BCUT2D eigenvalue weighted by atomic mass is 32.1. The Hall–Kier alpha value is -1.66. The first kappa shape index (κ1) is 17.7. The van der Waals surface area contributed by atoms with E-state index in [0.29, 0.717) is 6.04 Å². The van der Waals surface area contributed by atoms with Gasteiger partial charge in [-0.1, -0.05) is 18.9 Å². The number of anilines is 1. The van der Waals surface area contributed by atoms with E-state index in [-0.39, 0.29) is 0 Å². The Morgan fingerprint density at radius 1 is 1.04 bits per heavy atom. The molecule has 140 valence electrons. The lowest BCUT2D eigenvalue weighted by Crippen LogP contribution is -2.47. The summed E-state index contributed by atoms with van der Waals surface area (Å²) in [6, 6.07) is 6.75. The normalized spacial score (nSPS) is 19.4. The van der Waals surface area contributed by atoms with Crippen molar-refractivity contribution in [1.29, 1.82) is 0 Å². The van der Waals surface area contributed by atoms with Crippen molar-refractivity contribution in [3.05, 3.63) is 40.6 Å². The molecule has 4 rings (SSSR count). The van der Waals surface area contributed by atoms with Gasteiger partial charge in [0, 0.05) is 49.8 Å². The Bertz CT molecular complexity index is 796. The highest BCUT2D eigenvalue weighted by molar-refractivity contribution is 7.71. The highest BCUT2D eigenvalue weighted by Crippen LogP contribution is 2.32. The van der Waals surface area contributed by atoms with Gasteiger partial charge < -0.3 is 14.0 Å². The third-order valence-corrected chi connectivity index (χ3v) is 6.52. The Labute approximate surface area is 161 Å². The minimum absolute atomic E-state index is 0.614. The van der Waals surface area contributed by atoms with Gasteiger partial charge in [0.15, 0.2) is 4.77 Å². The molecule has 0 bridgehead atoms. The minimum Gasteiger partial charge on any atom is -0.354 e. The molecule has 0 aromatic carbocycles. The second-order valence-electron chi connectivity index (χ2n) is 7.62. The van der Waals surface area contributed by atoms with Gasteiger partial charge in [0.05, 0.1) is 6.67 Å². The SMILES string of the molecule is Cc1c(C)n(C2CCCC2)c(=S)n1CN1CCN(c2ccccn2)CC1. The summed E-state index contributed by atoms with van der Waals surface area (Å²) < 4.78 is 5.79. The summed E-state index contributed by atoms with van der Waals surface area (Å²) in [5, 5.41) is 0. The van der Waals surface area contributed by atoms with Crippen molar-refractivity contribution >= 4 is 18.0 Å². The number of nitrogens with zero attached hydrogens (tertiary/aromatic N) is 5. The van der Waals surface area contributed by atoms with Crippen molar-refractivity contribution < 1.29 is 0 Å². The molecule has 0 atom stereocenters. The number of rotatable bonds is 4. The third kappa shape index (κ3) is 3.32. The fourth-order valence-electron chi connectivity index (χ4n) is 4.40. The maximum atomic E-state index is 5.88. The summed E-state index contributed by atoms with van der Waals surface area (Å²) in [6.45, 7) is 9.50. The van der Waals surface area contributed by atoms with E-state index in [9.17, 15) is 0 Å². The van der Waals surface area contributed by atoms with E-state index in [0.717, 1.165) is 43.4 Å². The van der Waals surface area contributed by atoms with E-state index in [2.05, 4.69) is 49.9 Å². The maximum Gasteiger partial charge on any atom is 0.181 e. The Kier molecular flexibility index (Phi) is 5.14. The standard InChI is InChI=1S/C20H29N5S/c1-16-17(2)25(18-7-3-4-8-18)20(26)24(16)15-22-11-13-23(14-12-22)19-9-5-6-10-21-19/h5-6,9-10,18H,3-4,7-8,11-15H2,1-2H3. The van der Waals surface area contributed by atoms with Crippen molar-refractivity contribution in [3.63, 3.8) is 0 Å². The largest absolute Gasteiger partial charge is 0.354 e. The first-order valence-electron chi connectivity index (χ1n) is 9.81. The van der Waals surface area contributed by atoms with Gasteiger partial charge in [0.1, 0.15) is 5.82 Å². The molecule has 0 unspecified atom stereocenters. The summed E-state index contributed by atoms with van der Waals surface area (Å²) >= 11 is 5.88. The van der Waals surface area contributed by atoms with Gasteiger partial charge in [0.25, 0.3) is 0 Å². The van der Waals surface area contributed by atoms with Gasteiger partial charge in [-0.05, 0) is 51.0 Å². The predicted octanol–water partition coefficient (Wildman–Crippen LogP) is 3.93. The molecule has 0 N–H and O–H groups in total. The predicted molar refractivity (Wildman–Crippen MR) is 108 cm³/mol. The van der Waals surface area contributed by atoms with Crippen molar-refractivity contribution in [2.45, 2.75) is 52.2 Å². The van der Waals surface area contributed by atoms with Crippen LogP contribution in [0.15, 0.2) is 24.4 Å². The van der Waals surface area contributed by atoms with Crippen LogP contribution in [0.2, 0.25) is 0 Å². The van der Waals surface area contributed by atoms with Crippen LogP contribution in [0, 0.1) is 18.6 Å². The van der Waals surface area contributed by atoms with Crippen molar-refractivity contribution in [3.8, 4) is 0 Å². The van der Waals surface area contributed by atoms with Crippen LogP contribution in [0.3, 0.4) is 0 Å². The Morgan fingerprint density at radius 2 is 1.77 bits per heavy atom. The molecule has 1 aliphatic heterocycles. The van der Waals surface area contributed by atoms with Crippen LogP contribution >= 0.6 is 12.2 Å². The number of pyridine rings is 1. The molecule has 2 fully saturated rings. The third-order valence-electron chi connectivity index (χ3n) is 6.10. The van der Waals surface area contributed by atoms with Gasteiger partial charge in [0.2, 0.25) is 0 Å². The first-order valence-corrected chi connectivity index (χ1v) is 10.2. The molecule has 1 saturated carbocycles. The first-order chi connectivity index (χ1) is 12.6. The van der Waals surface area contributed by atoms with Crippen LogP contribution < -0.4 is 4.90 Å². The summed E-state index contributed by atoms with van der Waals surface area (Å²) in [5.74, 6) is 1.09. The van der Waals surface area contributed by atoms with E-state index >= 15 is 0 Å². The van der Waals surface area contributed by atoms with Crippen LogP contribution in [-0.2, 0) is 6.67 Å². The molecule has 26 heavy (non-hydrogen) atoms. The second-order valence-corrected chi connectivity index (χ2v) is 7.99. The highest BCUT2D eigenvalue weighted by Gasteiger charge is 2.24. The van der Waals surface area contributed by atoms with Crippen molar-refractivity contribution in [2.24, 2.45) is 0 Å². The molecule has 2 aromatic heterocycles. The molecule has 5 nitrogen and oxygen atoms in total. The topological polar surface area (TPSA) is 29.2 Å². The zero-order valence-corrected chi connectivity index (χ0v) is 16.7. The van der Waals surface area contributed by atoms with Crippen molar-refractivity contribution in [2.75, 3.05) is 31.1 Å². The van der Waals surface area contributed by atoms with Gasteiger partial charge >= 0.3 is 0 Å². The molecule has 0 spiro atoms. The van der Waals surface area contributed by atoms with Gasteiger partial charge in [-0.25, -0.2) is 4.98 Å². The molecule has 0 radical (unpaired) electrons. The van der Waals surface area contributed by atoms with E-state index in [1.54, 1.807) is 0 Å². The molecule has 2 aromatic rings. The van der Waals surface area contributed by atoms with Crippen LogP contribution in [0.1, 0.15) is 43.1 Å². The molecule has 1 aliphatic carbocycles. The number of hydrogen-bond acceptors (Lipinski definition) is 4. The Balaban J connectivity index is 1.45. The van der Waals surface area contributed by atoms with Crippen LogP contribution in [0.4, 0.5) is 5.82 Å². The molecular formula is C20H29N5S. The minimum atomic E-state index is 0.614. The summed E-state index contributed by atoms with van der Waals surface area (Å²) in [4.78, 5) is 9.37. The van der Waals surface area contributed by atoms with E-state index in [4.69, 9.17) is 12.2 Å². The van der Waals surface area contributed by atoms with E-state index < -0.39 is 0 Å². The zero-order chi connectivity index (χ0) is 18.1. The van der Waals surface area contributed by atoms with Crippen molar-refractivity contribution in [1.82, 2.24) is 19.0 Å². The van der Waals surface area contributed by atoms with Gasteiger partial charge in [-0.2, -0.15) is 0 Å². The molecule has 6 heteroatoms. The molecule has 3 heterocycles. The number of aromatic nitrogens is 3. The lowest BCUT2D eigenvalue weighted by atomic mass is 10.2. The monoisotopic (exact) mass is 371 g/mol. The second kappa shape index (κ2) is 7.53.